The van der Waals surface area contributed by atoms with Gasteiger partial charge in [-0.15, -0.1) is 0 Å². The SMILES string of the molecule is CC(C)CNCCc1cn(C)c2ccccc12. The second-order valence-corrected chi connectivity index (χ2v) is 5.13. The topological polar surface area (TPSA) is 17.0 Å². The second-order valence-electron chi connectivity index (χ2n) is 5.13. The van der Waals surface area contributed by atoms with Gasteiger partial charge in [0, 0.05) is 24.1 Å². The van der Waals surface area contributed by atoms with Crippen molar-refractivity contribution in [3.8, 4) is 0 Å². The normalized spacial score (nSPS) is 11.5. The third-order valence-electron chi connectivity index (χ3n) is 3.10. The van der Waals surface area contributed by atoms with Gasteiger partial charge in [0.15, 0.2) is 0 Å². The molecule has 2 nitrogen and oxygen atoms in total. The van der Waals surface area contributed by atoms with Crippen LogP contribution in [0.15, 0.2) is 30.5 Å². The van der Waals surface area contributed by atoms with E-state index in [2.05, 4.69) is 61.2 Å². The Morgan fingerprint density at radius 3 is 2.76 bits per heavy atom. The van der Waals surface area contributed by atoms with Crippen molar-refractivity contribution in [3.63, 3.8) is 0 Å². The molecule has 0 atom stereocenters. The summed E-state index contributed by atoms with van der Waals surface area (Å²) in [6.45, 7) is 6.65. The van der Waals surface area contributed by atoms with Gasteiger partial charge in [-0.3, -0.25) is 0 Å². The second kappa shape index (κ2) is 5.37. The number of nitrogens with one attached hydrogen (secondary N) is 1. The lowest BCUT2D eigenvalue weighted by Crippen LogP contribution is -2.22. The van der Waals surface area contributed by atoms with Crippen LogP contribution in [0.4, 0.5) is 0 Å². The summed E-state index contributed by atoms with van der Waals surface area (Å²) in [4.78, 5) is 0. The van der Waals surface area contributed by atoms with Crippen LogP contribution < -0.4 is 5.32 Å². The Morgan fingerprint density at radius 2 is 2.00 bits per heavy atom. The van der Waals surface area contributed by atoms with Crippen molar-refractivity contribution in [2.45, 2.75) is 20.3 Å². The van der Waals surface area contributed by atoms with E-state index in [0.29, 0.717) is 0 Å². The van der Waals surface area contributed by atoms with Crippen molar-refractivity contribution in [2.24, 2.45) is 13.0 Å². The van der Waals surface area contributed by atoms with Gasteiger partial charge in [-0.25, -0.2) is 0 Å². The van der Waals surface area contributed by atoms with Crippen LogP contribution in [0.5, 0.6) is 0 Å². The molecule has 0 saturated carbocycles. The molecule has 0 amide bonds. The zero-order chi connectivity index (χ0) is 12.3. The molecule has 1 heterocycles. The average molecular weight is 230 g/mol. The fourth-order valence-corrected chi connectivity index (χ4v) is 2.24. The van der Waals surface area contributed by atoms with Crippen LogP contribution in [-0.4, -0.2) is 17.7 Å². The Hall–Kier alpha value is -1.28. The maximum absolute atomic E-state index is 3.50. The molecule has 2 heteroatoms. The molecule has 0 unspecified atom stereocenters. The smallest absolute Gasteiger partial charge is 0.0480 e. The molecule has 0 bridgehead atoms. The van der Waals surface area contributed by atoms with Crippen LogP contribution in [0.1, 0.15) is 19.4 Å². The maximum atomic E-state index is 3.50. The van der Waals surface area contributed by atoms with E-state index in [1.54, 1.807) is 0 Å². The van der Waals surface area contributed by atoms with Gasteiger partial charge < -0.3 is 9.88 Å². The van der Waals surface area contributed by atoms with Gasteiger partial charge in [-0.2, -0.15) is 0 Å². The van der Waals surface area contributed by atoms with Crippen molar-refractivity contribution in [1.29, 1.82) is 0 Å². The molecule has 92 valence electrons. The standard InChI is InChI=1S/C15H22N2/c1-12(2)10-16-9-8-13-11-17(3)15-7-5-4-6-14(13)15/h4-7,11-12,16H,8-10H2,1-3H3. The van der Waals surface area contributed by atoms with Crippen molar-refractivity contribution in [2.75, 3.05) is 13.1 Å². The summed E-state index contributed by atoms with van der Waals surface area (Å²) in [6, 6.07) is 8.62. The average Bonchev–Trinajstić information content (AvgIpc) is 2.63. The number of fused-ring (bicyclic) bond motifs is 1. The minimum Gasteiger partial charge on any atom is -0.350 e. The maximum Gasteiger partial charge on any atom is 0.0480 e. The summed E-state index contributed by atoms with van der Waals surface area (Å²) in [5, 5.41) is 4.89. The molecule has 2 aromatic rings. The first-order valence-corrected chi connectivity index (χ1v) is 6.42. The summed E-state index contributed by atoms with van der Waals surface area (Å²) < 4.78 is 2.22. The summed E-state index contributed by atoms with van der Waals surface area (Å²) in [7, 11) is 2.12. The quantitative estimate of drug-likeness (QED) is 0.781. The minimum absolute atomic E-state index is 0.725. The number of benzene rings is 1. The predicted octanol–water partition coefficient (Wildman–Crippen LogP) is 2.97. The van der Waals surface area contributed by atoms with E-state index in [-0.39, 0.29) is 0 Å². The van der Waals surface area contributed by atoms with Crippen LogP contribution in [0.2, 0.25) is 0 Å². The highest BCUT2D eigenvalue weighted by Gasteiger charge is 2.05. The zero-order valence-electron chi connectivity index (χ0n) is 11.0. The first kappa shape index (κ1) is 12.2. The predicted molar refractivity (Wildman–Crippen MR) is 74.3 cm³/mol. The first-order valence-electron chi connectivity index (χ1n) is 6.42. The molecule has 1 N–H and O–H groups in total. The number of aromatic nitrogens is 1. The summed E-state index contributed by atoms with van der Waals surface area (Å²) in [5.41, 5.74) is 2.77. The molecule has 2 rings (SSSR count). The third-order valence-corrected chi connectivity index (χ3v) is 3.10. The van der Waals surface area contributed by atoms with Crippen molar-refractivity contribution in [1.82, 2.24) is 9.88 Å². The lowest BCUT2D eigenvalue weighted by Gasteiger charge is -2.06. The van der Waals surface area contributed by atoms with E-state index in [1.165, 1.54) is 16.5 Å². The van der Waals surface area contributed by atoms with Crippen LogP contribution in [0.3, 0.4) is 0 Å². The summed E-state index contributed by atoms with van der Waals surface area (Å²) in [6.07, 6.45) is 3.36. The fraction of sp³-hybridized carbons (Fsp3) is 0.467. The van der Waals surface area contributed by atoms with Gasteiger partial charge in [-0.05, 0) is 37.1 Å². The molecule has 0 spiro atoms. The van der Waals surface area contributed by atoms with Crippen molar-refractivity contribution in [3.05, 3.63) is 36.0 Å². The Labute approximate surface area is 104 Å². The van der Waals surface area contributed by atoms with Crippen LogP contribution in [-0.2, 0) is 13.5 Å². The Kier molecular flexibility index (Phi) is 3.85. The van der Waals surface area contributed by atoms with E-state index in [4.69, 9.17) is 0 Å². The number of nitrogens with zero attached hydrogens (tertiary/aromatic N) is 1. The molecule has 0 fully saturated rings. The lowest BCUT2D eigenvalue weighted by molar-refractivity contribution is 0.554. The molecule has 0 aliphatic rings. The van der Waals surface area contributed by atoms with Crippen LogP contribution >= 0.6 is 0 Å². The van der Waals surface area contributed by atoms with E-state index >= 15 is 0 Å². The van der Waals surface area contributed by atoms with E-state index < -0.39 is 0 Å². The summed E-state index contributed by atoms with van der Waals surface area (Å²) >= 11 is 0. The monoisotopic (exact) mass is 230 g/mol. The molecular weight excluding hydrogens is 208 g/mol. The highest BCUT2D eigenvalue weighted by Crippen LogP contribution is 2.20. The number of para-hydroxylation sites is 1. The van der Waals surface area contributed by atoms with E-state index in [0.717, 1.165) is 25.4 Å². The van der Waals surface area contributed by atoms with Crippen LogP contribution in [0, 0.1) is 5.92 Å². The zero-order valence-corrected chi connectivity index (χ0v) is 11.0. The largest absolute Gasteiger partial charge is 0.350 e. The van der Waals surface area contributed by atoms with Crippen LogP contribution in [0.25, 0.3) is 10.9 Å². The van der Waals surface area contributed by atoms with Gasteiger partial charge in [0.25, 0.3) is 0 Å². The number of aryl methyl sites for hydroxylation is 1. The Bertz CT molecular complexity index is 483. The van der Waals surface area contributed by atoms with E-state index in [9.17, 15) is 0 Å². The van der Waals surface area contributed by atoms with Gasteiger partial charge >= 0.3 is 0 Å². The van der Waals surface area contributed by atoms with E-state index in [1.807, 2.05) is 0 Å². The lowest BCUT2D eigenvalue weighted by atomic mass is 10.1. The number of hydrogen-bond acceptors (Lipinski definition) is 1. The molecular formula is C15H22N2. The summed E-state index contributed by atoms with van der Waals surface area (Å²) in [5.74, 6) is 0.725. The highest BCUT2D eigenvalue weighted by molar-refractivity contribution is 5.83. The minimum atomic E-state index is 0.725. The number of rotatable bonds is 5. The Balaban J connectivity index is 2.04. The Morgan fingerprint density at radius 1 is 1.24 bits per heavy atom. The molecule has 0 aliphatic heterocycles. The van der Waals surface area contributed by atoms with Gasteiger partial charge in [0.1, 0.15) is 0 Å². The van der Waals surface area contributed by atoms with Gasteiger partial charge in [-0.1, -0.05) is 32.0 Å². The van der Waals surface area contributed by atoms with Crippen molar-refractivity contribution < 1.29 is 0 Å². The molecule has 1 aromatic heterocycles. The third kappa shape index (κ3) is 2.89. The fourth-order valence-electron chi connectivity index (χ4n) is 2.24. The van der Waals surface area contributed by atoms with Gasteiger partial charge in [0.2, 0.25) is 0 Å². The molecule has 17 heavy (non-hydrogen) atoms. The first-order chi connectivity index (χ1) is 8.18. The van der Waals surface area contributed by atoms with Crippen molar-refractivity contribution >= 4 is 10.9 Å². The number of hydrogen-bond donors (Lipinski definition) is 1. The highest BCUT2D eigenvalue weighted by atomic mass is 14.9. The molecule has 0 aliphatic carbocycles. The molecule has 1 aromatic carbocycles. The molecule has 0 saturated heterocycles. The molecule has 0 radical (unpaired) electrons. The van der Waals surface area contributed by atoms with Gasteiger partial charge in [0.05, 0.1) is 0 Å².